The van der Waals surface area contributed by atoms with Crippen molar-refractivity contribution in [2.24, 2.45) is 10.9 Å². The molecule has 0 radical (unpaired) electrons. The molecule has 2 aromatic rings. The first-order chi connectivity index (χ1) is 16.2. The number of thioether (sulfide) groups is 1. The van der Waals surface area contributed by atoms with Crippen molar-refractivity contribution in [3.63, 3.8) is 0 Å². The zero-order valence-electron chi connectivity index (χ0n) is 19.2. The first-order valence-electron chi connectivity index (χ1n) is 10.4. The van der Waals surface area contributed by atoms with E-state index in [2.05, 4.69) is 4.99 Å². The first-order valence-corrected chi connectivity index (χ1v) is 11.6. The van der Waals surface area contributed by atoms with Gasteiger partial charge in [0.05, 0.1) is 29.8 Å². The fourth-order valence-electron chi connectivity index (χ4n) is 3.13. The summed E-state index contributed by atoms with van der Waals surface area (Å²) in [6, 6.07) is 10.5. The summed E-state index contributed by atoms with van der Waals surface area (Å²) in [5, 5.41) is 9.62. The third-order valence-electron chi connectivity index (χ3n) is 4.62. The van der Waals surface area contributed by atoms with Gasteiger partial charge in [0.25, 0.3) is 5.91 Å². The van der Waals surface area contributed by atoms with Crippen LogP contribution in [0, 0.1) is 5.92 Å². The molecule has 0 spiro atoms. The van der Waals surface area contributed by atoms with Gasteiger partial charge in [-0.05, 0) is 65.7 Å². The molecule has 8 nitrogen and oxygen atoms in total. The van der Waals surface area contributed by atoms with Crippen molar-refractivity contribution in [3.8, 4) is 17.2 Å². The summed E-state index contributed by atoms with van der Waals surface area (Å²) in [5.74, 6) is 0.0634. The number of benzene rings is 2. The van der Waals surface area contributed by atoms with Crippen molar-refractivity contribution in [1.29, 1.82) is 0 Å². The van der Waals surface area contributed by atoms with E-state index in [0.717, 1.165) is 5.75 Å². The number of carbonyl (C=O) groups is 2. The molecule has 3 rings (SSSR count). The van der Waals surface area contributed by atoms with Gasteiger partial charge >= 0.3 is 5.97 Å². The van der Waals surface area contributed by atoms with Gasteiger partial charge in [-0.15, -0.1) is 0 Å². The van der Waals surface area contributed by atoms with E-state index in [1.807, 2.05) is 38.1 Å². The molecule has 0 aliphatic carbocycles. The van der Waals surface area contributed by atoms with Crippen LogP contribution in [-0.4, -0.2) is 54.4 Å². The van der Waals surface area contributed by atoms with Gasteiger partial charge in [-0.2, -0.15) is 0 Å². The second kappa shape index (κ2) is 11.3. The third kappa shape index (κ3) is 6.24. The summed E-state index contributed by atoms with van der Waals surface area (Å²) >= 11 is 7.58. The highest BCUT2D eigenvalue weighted by Crippen LogP contribution is 2.39. The first kappa shape index (κ1) is 25.5. The van der Waals surface area contributed by atoms with Crippen molar-refractivity contribution < 1.29 is 28.9 Å². The molecule has 1 N–H and O–H groups in total. The minimum atomic E-state index is -1.13. The summed E-state index contributed by atoms with van der Waals surface area (Å²) in [6.45, 7) is 4.03. The second-order valence-corrected chi connectivity index (χ2v) is 9.15. The lowest BCUT2D eigenvalue weighted by atomic mass is 10.1. The van der Waals surface area contributed by atoms with E-state index in [1.54, 1.807) is 30.2 Å². The number of nitrogens with zero attached hydrogens (tertiary/aromatic N) is 2. The lowest BCUT2D eigenvalue weighted by molar-refractivity contribution is -0.139. The topological polar surface area (TPSA) is 97.7 Å². The number of rotatable bonds is 9. The van der Waals surface area contributed by atoms with Crippen LogP contribution in [-0.2, 0) is 9.59 Å². The largest absolute Gasteiger partial charge is 0.497 e. The Morgan fingerprint density at radius 3 is 2.50 bits per heavy atom. The molecule has 1 amide bonds. The van der Waals surface area contributed by atoms with Crippen molar-refractivity contribution in [1.82, 2.24) is 4.90 Å². The van der Waals surface area contributed by atoms with E-state index >= 15 is 0 Å². The Balaban J connectivity index is 1.94. The van der Waals surface area contributed by atoms with Gasteiger partial charge in [-0.25, -0.2) is 9.79 Å². The summed E-state index contributed by atoms with van der Waals surface area (Å²) in [6.07, 6.45) is 1.70. The minimum absolute atomic E-state index is 0.127. The number of halogens is 1. The Kier molecular flexibility index (Phi) is 8.46. The molecule has 1 aliphatic heterocycles. The molecule has 34 heavy (non-hydrogen) atoms. The molecule has 0 bridgehead atoms. The molecule has 1 fully saturated rings. The number of hydrogen-bond acceptors (Lipinski definition) is 7. The van der Waals surface area contributed by atoms with Crippen molar-refractivity contribution >= 4 is 52.2 Å². The number of aliphatic carboxylic acids is 1. The standard InChI is InChI=1S/C24H25ClN2O6S/c1-14(2)12-27-23(30)20(34-24(27)26-16-5-7-17(31-3)8-6-16)11-15-9-18(25)22(19(10-15)32-4)33-13-21(28)29/h5-11,14H,12-13H2,1-4H3,(H,28,29)/b20-11+,26-24?. The van der Waals surface area contributed by atoms with E-state index < -0.39 is 12.6 Å². The van der Waals surface area contributed by atoms with Crippen LogP contribution in [0.15, 0.2) is 46.3 Å². The molecule has 0 atom stereocenters. The number of carboxylic acids is 1. The van der Waals surface area contributed by atoms with Crippen molar-refractivity contribution in [2.45, 2.75) is 13.8 Å². The number of carboxylic acid groups (broad SMARTS) is 1. The Bertz CT molecular complexity index is 1130. The number of carbonyl (C=O) groups excluding carboxylic acids is 1. The van der Waals surface area contributed by atoms with Crippen LogP contribution in [0.5, 0.6) is 17.2 Å². The van der Waals surface area contributed by atoms with Crippen LogP contribution in [0.3, 0.4) is 0 Å². The Morgan fingerprint density at radius 2 is 1.91 bits per heavy atom. The normalized spacial score (nSPS) is 15.9. The summed E-state index contributed by atoms with van der Waals surface area (Å²) in [7, 11) is 3.02. The molecule has 0 aromatic heterocycles. The molecule has 0 unspecified atom stereocenters. The van der Waals surface area contributed by atoms with Gasteiger partial charge in [0.2, 0.25) is 0 Å². The van der Waals surface area contributed by atoms with E-state index in [-0.39, 0.29) is 28.3 Å². The number of ether oxygens (including phenoxy) is 3. The predicted molar refractivity (Wildman–Crippen MR) is 133 cm³/mol. The van der Waals surface area contributed by atoms with E-state index in [1.165, 1.54) is 18.9 Å². The number of amides is 1. The molecule has 1 heterocycles. The van der Waals surface area contributed by atoms with Crippen LogP contribution in [0.4, 0.5) is 5.69 Å². The molecule has 10 heteroatoms. The minimum Gasteiger partial charge on any atom is -0.497 e. The van der Waals surface area contributed by atoms with Crippen LogP contribution in [0.25, 0.3) is 6.08 Å². The number of aliphatic imine (C=N–C) groups is 1. The molecule has 180 valence electrons. The Labute approximate surface area is 207 Å². The fourth-order valence-corrected chi connectivity index (χ4v) is 4.41. The lowest BCUT2D eigenvalue weighted by Gasteiger charge is -2.17. The summed E-state index contributed by atoms with van der Waals surface area (Å²) in [5.41, 5.74) is 1.31. The molecule has 2 aromatic carbocycles. The molecule has 1 saturated heterocycles. The zero-order chi connectivity index (χ0) is 24.8. The van der Waals surface area contributed by atoms with Gasteiger partial charge in [0.15, 0.2) is 23.3 Å². The summed E-state index contributed by atoms with van der Waals surface area (Å²) < 4.78 is 15.7. The molecular weight excluding hydrogens is 480 g/mol. The number of methoxy groups -OCH3 is 2. The fraction of sp³-hybridized carbons (Fsp3) is 0.292. The van der Waals surface area contributed by atoms with Crippen LogP contribution in [0.2, 0.25) is 5.02 Å². The van der Waals surface area contributed by atoms with Crippen LogP contribution in [0.1, 0.15) is 19.4 Å². The maximum absolute atomic E-state index is 13.2. The quantitative estimate of drug-likeness (QED) is 0.475. The smallest absolute Gasteiger partial charge is 0.341 e. The van der Waals surface area contributed by atoms with Gasteiger partial charge in [0, 0.05) is 6.54 Å². The maximum Gasteiger partial charge on any atom is 0.341 e. The highest BCUT2D eigenvalue weighted by Gasteiger charge is 2.34. The molecular formula is C24H25ClN2O6S. The van der Waals surface area contributed by atoms with Gasteiger partial charge in [0.1, 0.15) is 5.75 Å². The van der Waals surface area contributed by atoms with Gasteiger partial charge in [-0.1, -0.05) is 25.4 Å². The van der Waals surface area contributed by atoms with Gasteiger partial charge in [-0.3, -0.25) is 9.69 Å². The van der Waals surface area contributed by atoms with Crippen molar-refractivity contribution in [2.75, 3.05) is 27.4 Å². The van der Waals surface area contributed by atoms with E-state index in [4.69, 9.17) is 30.9 Å². The number of hydrogen-bond donors (Lipinski definition) is 1. The highest BCUT2D eigenvalue weighted by molar-refractivity contribution is 8.18. The number of amidine groups is 1. The zero-order valence-corrected chi connectivity index (χ0v) is 20.8. The van der Waals surface area contributed by atoms with Crippen molar-refractivity contribution in [3.05, 3.63) is 51.9 Å². The predicted octanol–water partition coefficient (Wildman–Crippen LogP) is 5.08. The molecule has 1 aliphatic rings. The Hall–Kier alpha value is -3.17. The van der Waals surface area contributed by atoms with E-state index in [0.29, 0.717) is 27.9 Å². The highest BCUT2D eigenvalue weighted by atomic mass is 35.5. The van der Waals surface area contributed by atoms with E-state index in [9.17, 15) is 9.59 Å². The van der Waals surface area contributed by atoms with Crippen LogP contribution < -0.4 is 14.2 Å². The summed E-state index contributed by atoms with van der Waals surface area (Å²) in [4.78, 5) is 30.9. The maximum atomic E-state index is 13.2. The Morgan fingerprint density at radius 1 is 1.21 bits per heavy atom. The van der Waals surface area contributed by atoms with Crippen LogP contribution >= 0.6 is 23.4 Å². The van der Waals surface area contributed by atoms with Gasteiger partial charge < -0.3 is 19.3 Å². The average molecular weight is 505 g/mol. The second-order valence-electron chi connectivity index (χ2n) is 7.73. The third-order valence-corrected chi connectivity index (χ3v) is 5.91. The average Bonchev–Trinajstić information content (AvgIpc) is 3.06. The monoisotopic (exact) mass is 504 g/mol. The lowest BCUT2D eigenvalue weighted by Crippen LogP contribution is -2.32. The molecule has 0 saturated carbocycles. The SMILES string of the molecule is COc1ccc(N=C2S/C(=C/c3cc(Cl)c(OCC(=O)O)c(OC)c3)C(=O)N2CC(C)C)cc1.